The molecule has 0 aromatic heterocycles. The Morgan fingerprint density at radius 2 is 1.67 bits per heavy atom. The van der Waals surface area contributed by atoms with E-state index in [1.807, 2.05) is 13.8 Å². The third-order valence-corrected chi connectivity index (χ3v) is 1.90. The van der Waals surface area contributed by atoms with Gasteiger partial charge in [-0.1, -0.05) is 25.8 Å². The molecule has 1 heteroatoms. The third-order valence-electron chi connectivity index (χ3n) is 1.90. The van der Waals surface area contributed by atoms with Crippen LogP contribution in [0.25, 0.3) is 0 Å². The monoisotopic (exact) mass is 168 g/mol. The molecule has 0 saturated heterocycles. The molecule has 0 aromatic carbocycles. The van der Waals surface area contributed by atoms with Crippen LogP contribution < -0.4 is 0 Å². The van der Waals surface area contributed by atoms with Crippen LogP contribution in [0, 0.1) is 0 Å². The highest BCUT2D eigenvalue weighted by Gasteiger charge is 2.04. The molecule has 0 N–H and O–H groups in total. The SMILES string of the molecule is CC.CC(=O)C=C1CCCCC1. The van der Waals surface area contributed by atoms with Crippen molar-refractivity contribution in [2.45, 2.75) is 52.9 Å². The summed E-state index contributed by atoms with van der Waals surface area (Å²) in [5.74, 6) is 0.205. The van der Waals surface area contributed by atoms with Crippen molar-refractivity contribution in [3.63, 3.8) is 0 Å². The molecular formula is C11H20O. The van der Waals surface area contributed by atoms with Gasteiger partial charge in [-0.05, 0) is 38.7 Å². The topological polar surface area (TPSA) is 17.1 Å². The van der Waals surface area contributed by atoms with Gasteiger partial charge in [0.2, 0.25) is 0 Å². The molecule has 0 unspecified atom stereocenters. The molecule has 0 spiro atoms. The van der Waals surface area contributed by atoms with Gasteiger partial charge in [-0.25, -0.2) is 0 Å². The number of hydrogen-bond donors (Lipinski definition) is 0. The Morgan fingerprint density at radius 1 is 1.17 bits per heavy atom. The molecule has 1 nitrogen and oxygen atoms in total. The number of allylic oxidation sites excluding steroid dienone is 2. The number of rotatable bonds is 1. The first kappa shape index (κ1) is 11.4. The van der Waals surface area contributed by atoms with Crippen LogP contribution in [0.3, 0.4) is 0 Å². The number of carbonyl (C=O) groups is 1. The standard InChI is InChI=1S/C9H14O.C2H6/c1-8(10)7-9-5-3-2-4-6-9;1-2/h7H,2-6H2,1H3;1-2H3. The first-order valence-corrected chi connectivity index (χ1v) is 4.99. The lowest BCUT2D eigenvalue weighted by atomic mass is 9.94. The Balaban J connectivity index is 0.000000561. The van der Waals surface area contributed by atoms with E-state index in [2.05, 4.69) is 0 Å². The fourth-order valence-corrected chi connectivity index (χ4v) is 1.44. The van der Waals surface area contributed by atoms with Gasteiger partial charge in [0, 0.05) is 0 Å². The van der Waals surface area contributed by atoms with Gasteiger partial charge >= 0.3 is 0 Å². The van der Waals surface area contributed by atoms with Gasteiger partial charge in [0.05, 0.1) is 0 Å². The fraction of sp³-hybridized carbons (Fsp3) is 0.727. The lowest BCUT2D eigenvalue weighted by molar-refractivity contribution is -0.112. The second-order valence-electron chi connectivity index (χ2n) is 2.97. The molecule has 0 heterocycles. The lowest BCUT2D eigenvalue weighted by Gasteiger charge is -2.12. The highest BCUT2D eigenvalue weighted by molar-refractivity contribution is 5.87. The summed E-state index contributed by atoms with van der Waals surface area (Å²) in [6.07, 6.45) is 8.01. The first-order chi connectivity index (χ1) is 5.79. The fourth-order valence-electron chi connectivity index (χ4n) is 1.44. The number of ketones is 1. The molecule has 1 rings (SSSR count). The van der Waals surface area contributed by atoms with E-state index in [4.69, 9.17) is 0 Å². The van der Waals surface area contributed by atoms with E-state index in [1.165, 1.54) is 24.8 Å². The number of hydrogen-bond acceptors (Lipinski definition) is 1. The molecular weight excluding hydrogens is 148 g/mol. The molecule has 0 atom stereocenters. The molecule has 70 valence electrons. The molecule has 0 amide bonds. The largest absolute Gasteiger partial charge is 0.295 e. The highest BCUT2D eigenvalue weighted by atomic mass is 16.1. The molecule has 1 saturated carbocycles. The lowest BCUT2D eigenvalue weighted by Crippen LogP contribution is -1.96. The minimum atomic E-state index is 0.205. The molecule has 1 fully saturated rings. The maximum atomic E-state index is 10.6. The maximum Gasteiger partial charge on any atom is 0.152 e. The van der Waals surface area contributed by atoms with Crippen LogP contribution in [0.1, 0.15) is 52.9 Å². The van der Waals surface area contributed by atoms with E-state index in [-0.39, 0.29) is 5.78 Å². The van der Waals surface area contributed by atoms with Gasteiger partial charge in [-0.2, -0.15) is 0 Å². The van der Waals surface area contributed by atoms with Crippen LogP contribution in [0.2, 0.25) is 0 Å². The summed E-state index contributed by atoms with van der Waals surface area (Å²) in [4.78, 5) is 10.6. The second kappa shape index (κ2) is 7.08. The van der Waals surface area contributed by atoms with Crippen LogP contribution in [0.15, 0.2) is 11.6 Å². The average molecular weight is 168 g/mol. The van der Waals surface area contributed by atoms with Crippen molar-refractivity contribution >= 4 is 5.78 Å². The van der Waals surface area contributed by atoms with Crippen LogP contribution >= 0.6 is 0 Å². The Labute approximate surface area is 75.9 Å². The summed E-state index contributed by atoms with van der Waals surface area (Å²) in [7, 11) is 0. The zero-order chi connectivity index (χ0) is 9.40. The van der Waals surface area contributed by atoms with Crippen LogP contribution in [0.5, 0.6) is 0 Å². The predicted octanol–water partition coefficient (Wildman–Crippen LogP) is 3.49. The molecule has 0 aromatic rings. The normalized spacial score (nSPS) is 16.1. The Kier molecular flexibility index (Phi) is 6.73. The first-order valence-electron chi connectivity index (χ1n) is 4.99. The molecule has 0 aliphatic heterocycles. The van der Waals surface area contributed by atoms with E-state index in [0.717, 1.165) is 12.8 Å². The molecule has 1 aliphatic carbocycles. The smallest absolute Gasteiger partial charge is 0.152 e. The highest BCUT2D eigenvalue weighted by Crippen LogP contribution is 2.22. The second-order valence-corrected chi connectivity index (χ2v) is 2.97. The summed E-state index contributed by atoms with van der Waals surface area (Å²) in [6.45, 7) is 5.63. The average Bonchev–Trinajstić information content (AvgIpc) is 2.08. The van der Waals surface area contributed by atoms with Crippen molar-refractivity contribution in [2.24, 2.45) is 0 Å². The summed E-state index contributed by atoms with van der Waals surface area (Å²) in [5, 5.41) is 0. The summed E-state index contributed by atoms with van der Waals surface area (Å²) in [5.41, 5.74) is 1.36. The third kappa shape index (κ3) is 5.11. The van der Waals surface area contributed by atoms with Crippen molar-refractivity contribution < 1.29 is 4.79 Å². The van der Waals surface area contributed by atoms with Crippen LogP contribution in [-0.2, 0) is 4.79 Å². The van der Waals surface area contributed by atoms with E-state index >= 15 is 0 Å². The van der Waals surface area contributed by atoms with Crippen LogP contribution in [0.4, 0.5) is 0 Å². The quantitative estimate of drug-likeness (QED) is 0.548. The number of carbonyl (C=O) groups excluding carboxylic acids is 1. The Bertz CT molecular complexity index is 148. The summed E-state index contributed by atoms with van der Waals surface area (Å²) < 4.78 is 0. The summed E-state index contributed by atoms with van der Waals surface area (Å²) >= 11 is 0. The van der Waals surface area contributed by atoms with Crippen molar-refractivity contribution in [2.75, 3.05) is 0 Å². The van der Waals surface area contributed by atoms with E-state index in [1.54, 1.807) is 13.0 Å². The molecule has 0 bridgehead atoms. The van der Waals surface area contributed by atoms with Gasteiger partial charge in [-0.15, -0.1) is 0 Å². The zero-order valence-electron chi connectivity index (χ0n) is 8.52. The minimum Gasteiger partial charge on any atom is -0.295 e. The van der Waals surface area contributed by atoms with Gasteiger partial charge in [0.15, 0.2) is 5.78 Å². The van der Waals surface area contributed by atoms with Gasteiger partial charge in [0.25, 0.3) is 0 Å². The van der Waals surface area contributed by atoms with Crippen molar-refractivity contribution in [1.29, 1.82) is 0 Å². The maximum absolute atomic E-state index is 10.6. The summed E-state index contributed by atoms with van der Waals surface area (Å²) in [6, 6.07) is 0. The van der Waals surface area contributed by atoms with Gasteiger partial charge in [0.1, 0.15) is 0 Å². The Morgan fingerprint density at radius 3 is 2.08 bits per heavy atom. The van der Waals surface area contributed by atoms with Gasteiger partial charge < -0.3 is 0 Å². The predicted molar refractivity (Wildman–Crippen MR) is 53.2 cm³/mol. The van der Waals surface area contributed by atoms with E-state index in [0.29, 0.717) is 0 Å². The van der Waals surface area contributed by atoms with Crippen molar-refractivity contribution in [3.05, 3.63) is 11.6 Å². The van der Waals surface area contributed by atoms with E-state index < -0.39 is 0 Å². The van der Waals surface area contributed by atoms with E-state index in [9.17, 15) is 4.79 Å². The molecule has 12 heavy (non-hydrogen) atoms. The zero-order valence-corrected chi connectivity index (χ0v) is 8.52. The van der Waals surface area contributed by atoms with Crippen molar-refractivity contribution in [3.8, 4) is 0 Å². The minimum absolute atomic E-state index is 0.205. The van der Waals surface area contributed by atoms with Crippen molar-refractivity contribution in [1.82, 2.24) is 0 Å². The van der Waals surface area contributed by atoms with Gasteiger partial charge in [-0.3, -0.25) is 4.79 Å². The molecule has 0 radical (unpaired) electrons. The Hall–Kier alpha value is -0.590. The van der Waals surface area contributed by atoms with Crippen LogP contribution in [-0.4, -0.2) is 5.78 Å². The molecule has 1 aliphatic rings.